The Morgan fingerprint density at radius 3 is 2.41 bits per heavy atom. The summed E-state index contributed by atoms with van der Waals surface area (Å²) in [7, 11) is 0. The van der Waals surface area contributed by atoms with Gasteiger partial charge in [0.25, 0.3) is 5.91 Å². The van der Waals surface area contributed by atoms with Gasteiger partial charge in [0.15, 0.2) is 6.61 Å². The number of hydrogen-bond donors (Lipinski definition) is 1. The number of rotatable bonds is 5. The fourth-order valence-electron chi connectivity index (χ4n) is 3.48. The van der Waals surface area contributed by atoms with Crippen molar-refractivity contribution < 1.29 is 28.3 Å². The third-order valence-electron chi connectivity index (χ3n) is 4.79. The number of carbonyl (C=O) groups excluding carboxylic acids is 4. The summed E-state index contributed by atoms with van der Waals surface area (Å²) in [5.41, 5.74) is -0.102. The van der Waals surface area contributed by atoms with Gasteiger partial charge in [0, 0.05) is 5.02 Å². The highest BCUT2D eigenvalue weighted by molar-refractivity contribution is 6.30. The summed E-state index contributed by atoms with van der Waals surface area (Å²) in [6.07, 6.45) is 3.07. The zero-order valence-corrected chi connectivity index (χ0v) is 15.1. The molecule has 7 nitrogen and oxygen atoms in total. The van der Waals surface area contributed by atoms with E-state index in [-0.39, 0.29) is 34.4 Å². The molecule has 1 saturated carbocycles. The molecule has 2 unspecified atom stereocenters. The minimum Gasteiger partial charge on any atom is -0.454 e. The van der Waals surface area contributed by atoms with Crippen molar-refractivity contribution in [3.05, 3.63) is 29.0 Å². The molecule has 0 bridgehead atoms. The molecule has 2 fully saturated rings. The van der Waals surface area contributed by atoms with Crippen molar-refractivity contribution in [1.82, 2.24) is 4.90 Å². The van der Waals surface area contributed by atoms with E-state index in [1.165, 1.54) is 12.1 Å². The Hall–Kier alpha value is -2.48. The van der Waals surface area contributed by atoms with Crippen molar-refractivity contribution in [3.8, 4) is 0 Å². The molecule has 3 rings (SSSR count). The van der Waals surface area contributed by atoms with Crippen LogP contribution in [0, 0.1) is 17.7 Å². The van der Waals surface area contributed by atoms with Crippen molar-refractivity contribution in [2.75, 3.05) is 18.5 Å². The summed E-state index contributed by atoms with van der Waals surface area (Å²) in [5, 5.41) is 2.43. The standard InChI is InChI=1S/C18H18ClFN2O5/c19-10-5-6-14(13(20)7-10)21-15(23)9-27-16(24)8-22-17(25)11-3-1-2-4-12(11)18(22)26/h5-7,11-12H,1-4,8-9H2,(H,21,23). The van der Waals surface area contributed by atoms with Crippen LogP contribution in [0.3, 0.4) is 0 Å². The molecule has 144 valence electrons. The van der Waals surface area contributed by atoms with Gasteiger partial charge in [0.05, 0.1) is 17.5 Å². The van der Waals surface area contributed by atoms with Crippen LogP contribution in [0.15, 0.2) is 18.2 Å². The molecule has 1 saturated heterocycles. The summed E-state index contributed by atoms with van der Waals surface area (Å²) in [6.45, 7) is -1.18. The second kappa shape index (κ2) is 8.04. The SMILES string of the molecule is O=C(COC(=O)CN1C(=O)C2CCCCC2C1=O)Nc1ccc(Cl)cc1F. The number of esters is 1. The lowest BCUT2D eigenvalue weighted by Crippen LogP contribution is -2.37. The molecule has 9 heteroatoms. The lowest BCUT2D eigenvalue weighted by molar-refractivity contribution is -0.154. The topological polar surface area (TPSA) is 92.8 Å². The van der Waals surface area contributed by atoms with Crippen LogP contribution in [-0.4, -0.2) is 41.7 Å². The highest BCUT2D eigenvalue weighted by atomic mass is 35.5. The van der Waals surface area contributed by atoms with Crippen molar-refractivity contribution in [3.63, 3.8) is 0 Å². The fourth-order valence-corrected chi connectivity index (χ4v) is 3.64. The van der Waals surface area contributed by atoms with Gasteiger partial charge in [-0.2, -0.15) is 0 Å². The number of carbonyl (C=O) groups is 4. The van der Waals surface area contributed by atoms with Crippen molar-refractivity contribution in [2.24, 2.45) is 11.8 Å². The van der Waals surface area contributed by atoms with Gasteiger partial charge in [-0.3, -0.25) is 24.1 Å². The Morgan fingerprint density at radius 1 is 1.19 bits per heavy atom. The van der Waals surface area contributed by atoms with E-state index in [0.717, 1.165) is 23.8 Å². The van der Waals surface area contributed by atoms with Gasteiger partial charge in [-0.05, 0) is 31.0 Å². The number of fused-ring (bicyclic) bond motifs is 1. The molecule has 1 heterocycles. The van der Waals surface area contributed by atoms with Gasteiger partial charge < -0.3 is 10.1 Å². The van der Waals surface area contributed by atoms with E-state index in [0.29, 0.717) is 12.8 Å². The number of nitrogens with zero attached hydrogens (tertiary/aromatic N) is 1. The summed E-state index contributed by atoms with van der Waals surface area (Å²) in [6, 6.07) is 3.71. The van der Waals surface area contributed by atoms with Crippen molar-refractivity contribution >= 4 is 41.0 Å². The number of benzene rings is 1. The minimum absolute atomic E-state index is 0.102. The van der Waals surface area contributed by atoms with Crippen molar-refractivity contribution in [1.29, 1.82) is 0 Å². The maximum absolute atomic E-state index is 13.6. The summed E-state index contributed by atoms with van der Waals surface area (Å²) < 4.78 is 18.4. The number of imide groups is 1. The third kappa shape index (κ3) is 4.27. The maximum Gasteiger partial charge on any atom is 0.326 e. The predicted molar refractivity (Wildman–Crippen MR) is 93.2 cm³/mol. The molecule has 1 N–H and O–H groups in total. The molecule has 0 spiro atoms. The number of hydrogen-bond acceptors (Lipinski definition) is 5. The van der Waals surface area contributed by atoms with E-state index in [9.17, 15) is 23.6 Å². The monoisotopic (exact) mass is 396 g/mol. The van der Waals surface area contributed by atoms with Crippen LogP contribution in [0.5, 0.6) is 0 Å². The molecule has 1 aliphatic carbocycles. The van der Waals surface area contributed by atoms with Gasteiger partial charge in [0.2, 0.25) is 11.8 Å². The Morgan fingerprint density at radius 2 is 1.81 bits per heavy atom. The molecule has 2 aliphatic rings. The average Bonchev–Trinajstić information content (AvgIpc) is 2.88. The van der Waals surface area contributed by atoms with Crippen LogP contribution < -0.4 is 5.32 Å². The molecule has 1 aromatic carbocycles. The second-order valence-corrected chi connectivity index (χ2v) is 7.03. The van der Waals surface area contributed by atoms with Crippen LogP contribution in [0.4, 0.5) is 10.1 Å². The van der Waals surface area contributed by atoms with E-state index in [1.807, 2.05) is 0 Å². The van der Waals surface area contributed by atoms with E-state index < -0.39 is 30.8 Å². The summed E-state index contributed by atoms with van der Waals surface area (Å²) in [4.78, 5) is 49.2. The van der Waals surface area contributed by atoms with Gasteiger partial charge in [0.1, 0.15) is 12.4 Å². The van der Waals surface area contributed by atoms with Crippen LogP contribution >= 0.6 is 11.6 Å². The molecule has 0 radical (unpaired) electrons. The first-order chi connectivity index (χ1) is 12.9. The van der Waals surface area contributed by atoms with Gasteiger partial charge in [-0.25, -0.2) is 4.39 Å². The lowest BCUT2D eigenvalue weighted by atomic mass is 9.81. The Bertz CT molecular complexity index is 776. The highest BCUT2D eigenvalue weighted by Gasteiger charge is 2.48. The minimum atomic E-state index is -0.873. The Kier molecular flexibility index (Phi) is 5.74. The normalized spacial score (nSPS) is 21.8. The van der Waals surface area contributed by atoms with Crippen LogP contribution in [0.1, 0.15) is 25.7 Å². The van der Waals surface area contributed by atoms with Gasteiger partial charge in [-0.1, -0.05) is 24.4 Å². The predicted octanol–water partition coefficient (Wildman–Crippen LogP) is 2.14. The third-order valence-corrected chi connectivity index (χ3v) is 5.02. The fraction of sp³-hybridized carbons (Fsp3) is 0.444. The zero-order valence-electron chi connectivity index (χ0n) is 14.4. The van der Waals surface area contributed by atoms with Crippen LogP contribution in [-0.2, 0) is 23.9 Å². The number of amides is 3. The summed E-state index contributed by atoms with van der Waals surface area (Å²) in [5.74, 6) is -3.76. The lowest BCUT2D eigenvalue weighted by Gasteiger charge is -2.19. The molecule has 3 amide bonds. The number of ether oxygens (including phenoxy) is 1. The number of nitrogens with one attached hydrogen (secondary N) is 1. The first-order valence-electron chi connectivity index (χ1n) is 8.62. The average molecular weight is 397 g/mol. The first-order valence-corrected chi connectivity index (χ1v) is 9.00. The maximum atomic E-state index is 13.6. The Balaban J connectivity index is 1.50. The van der Waals surface area contributed by atoms with E-state index in [2.05, 4.69) is 5.32 Å². The van der Waals surface area contributed by atoms with Crippen LogP contribution in [0.25, 0.3) is 0 Å². The highest BCUT2D eigenvalue weighted by Crippen LogP contribution is 2.37. The Labute approximate surface area is 159 Å². The van der Waals surface area contributed by atoms with Crippen LogP contribution in [0.2, 0.25) is 5.02 Å². The molecule has 0 aromatic heterocycles. The van der Waals surface area contributed by atoms with E-state index in [4.69, 9.17) is 16.3 Å². The van der Waals surface area contributed by atoms with Gasteiger partial charge in [-0.15, -0.1) is 0 Å². The summed E-state index contributed by atoms with van der Waals surface area (Å²) >= 11 is 5.62. The number of anilines is 1. The largest absolute Gasteiger partial charge is 0.454 e. The number of likely N-dealkylation sites (tertiary alicyclic amines) is 1. The first kappa shape index (κ1) is 19.3. The molecule has 1 aliphatic heterocycles. The smallest absolute Gasteiger partial charge is 0.326 e. The van der Waals surface area contributed by atoms with Crippen molar-refractivity contribution in [2.45, 2.75) is 25.7 Å². The van der Waals surface area contributed by atoms with E-state index in [1.54, 1.807) is 0 Å². The van der Waals surface area contributed by atoms with E-state index >= 15 is 0 Å². The molecular formula is C18H18ClFN2O5. The number of halogens is 2. The zero-order chi connectivity index (χ0) is 19.6. The molecule has 2 atom stereocenters. The molecule has 27 heavy (non-hydrogen) atoms. The molecule has 1 aromatic rings. The van der Waals surface area contributed by atoms with Gasteiger partial charge >= 0.3 is 5.97 Å². The molecular weight excluding hydrogens is 379 g/mol. The quantitative estimate of drug-likeness (QED) is 0.608. The second-order valence-electron chi connectivity index (χ2n) is 6.59.